The van der Waals surface area contributed by atoms with Gasteiger partial charge in [-0.1, -0.05) is 0 Å². The molecule has 0 aliphatic heterocycles. The second kappa shape index (κ2) is 18.3. The summed E-state index contributed by atoms with van der Waals surface area (Å²) in [4.78, 5) is 0. The molecule has 0 aromatic heterocycles. The van der Waals surface area contributed by atoms with E-state index in [0.29, 0.717) is 0 Å². The number of hydrogen-bond acceptors (Lipinski definition) is 0. The maximum absolute atomic E-state index is 0. The zero-order valence-corrected chi connectivity index (χ0v) is 11.4. The van der Waals surface area contributed by atoms with E-state index in [4.69, 9.17) is 0 Å². The van der Waals surface area contributed by atoms with Crippen LogP contribution < -0.4 is 0 Å². The van der Waals surface area contributed by atoms with Gasteiger partial charge in [0.15, 0.2) is 0 Å². The van der Waals surface area contributed by atoms with Crippen molar-refractivity contribution in [3.8, 4) is 0 Å². The smallest absolute Gasteiger partial charge is 0 e. The quantitative estimate of drug-likeness (QED) is 0.484. The van der Waals surface area contributed by atoms with Gasteiger partial charge in [-0.2, -0.15) is 0 Å². The van der Waals surface area contributed by atoms with Crippen molar-refractivity contribution >= 4 is 51.6 Å². The molecule has 0 unspecified atom stereocenters. The molecule has 0 aromatic carbocycles. The molecule has 0 saturated heterocycles. The van der Waals surface area contributed by atoms with Crippen LogP contribution in [0.25, 0.3) is 0 Å². The van der Waals surface area contributed by atoms with E-state index in [1.807, 2.05) is 0 Å². The molecule has 0 amide bonds. The van der Waals surface area contributed by atoms with Crippen molar-refractivity contribution in [1.82, 2.24) is 0 Å². The van der Waals surface area contributed by atoms with Gasteiger partial charge in [-0.25, -0.2) is 0 Å². The van der Waals surface area contributed by atoms with Gasteiger partial charge in [0.25, 0.3) is 0 Å². The molecule has 18 valence electrons. The Hall–Kier alpha value is 2.35. The SMILES string of the molecule is Br.[B].[Bi].[Cd]. The van der Waals surface area contributed by atoms with Gasteiger partial charge < -0.3 is 0 Å². The summed E-state index contributed by atoms with van der Waals surface area (Å²) < 4.78 is 0. The van der Waals surface area contributed by atoms with Crippen LogP contribution in [-0.2, 0) is 27.3 Å². The Bertz CT molecular complexity index is 8.00. The van der Waals surface area contributed by atoms with Crippen LogP contribution in [0.3, 0.4) is 0 Å². The average molecular weight is 413 g/mol. The van der Waals surface area contributed by atoms with E-state index in [9.17, 15) is 0 Å². The van der Waals surface area contributed by atoms with Crippen molar-refractivity contribution in [3.05, 3.63) is 0 Å². The molecule has 0 rings (SSSR count). The minimum absolute atomic E-state index is 0. The Morgan fingerprint density at radius 1 is 1.00 bits per heavy atom. The molecule has 0 aromatic rings. The molecule has 0 atom stereocenters. The minimum Gasteiger partial charge on any atom is -0.114 e. The van der Waals surface area contributed by atoms with Gasteiger partial charge in [0, 0.05) is 61.9 Å². The summed E-state index contributed by atoms with van der Waals surface area (Å²) in [5.41, 5.74) is 0. The van der Waals surface area contributed by atoms with E-state index < -0.39 is 0 Å². The van der Waals surface area contributed by atoms with Crippen LogP contribution in [0.2, 0.25) is 0 Å². The normalized spacial score (nSPS) is 0. The van der Waals surface area contributed by atoms with Gasteiger partial charge in [0.1, 0.15) is 0 Å². The molecule has 0 fully saturated rings. The van der Waals surface area contributed by atoms with Gasteiger partial charge in [-0.05, 0) is 0 Å². The van der Waals surface area contributed by atoms with Crippen LogP contribution >= 0.6 is 17.0 Å². The van der Waals surface area contributed by atoms with Crippen LogP contribution in [0.15, 0.2) is 0 Å². The van der Waals surface area contributed by atoms with E-state index in [1.165, 1.54) is 0 Å². The summed E-state index contributed by atoms with van der Waals surface area (Å²) in [7, 11) is 0. The molecule has 4 heavy (non-hydrogen) atoms. The molecule has 0 heterocycles. The van der Waals surface area contributed by atoms with Gasteiger partial charge in [-0.3, -0.25) is 0 Å². The van der Waals surface area contributed by atoms with E-state index in [-0.39, 0.29) is 78.9 Å². The number of rotatable bonds is 0. The second-order valence-corrected chi connectivity index (χ2v) is 0. The largest absolute Gasteiger partial charge is 0.114 e. The number of hydrogen-bond donors (Lipinski definition) is 0. The minimum atomic E-state index is 0. The summed E-state index contributed by atoms with van der Waals surface area (Å²) >= 11 is 0. The molecular formula is HBBiBrCd. The molecule has 0 aliphatic carbocycles. The van der Waals surface area contributed by atoms with Crippen molar-refractivity contribution in [2.24, 2.45) is 0 Å². The average Bonchev–Trinajstić information content (AvgIpc) is 0. The molecule has 6 radical (unpaired) electrons. The summed E-state index contributed by atoms with van der Waals surface area (Å²) in [5.74, 6) is 0. The Morgan fingerprint density at radius 2 is 1.00 bits per heavy atom. The van der Waals surface area contributed by atoms with E-state index in [2.05, 4.69) is 0 Å². The molecule has 4 heteroatoms. The van der Waals surface area contributed by atoms with Crippen LogP contribution in [-0.4, -0.2) is 34.6 Å². The first kappa shape index (κ1) is 32.9. The summed E-state index contributed by atoms with van der Waals surface area (Å²) in [5, 5.41) is 0. The molecule has 0 N–H and O–H groups in total. The third kappa shape index (κ3) is 8.84. The first-order valence-corrected chi connectivity index (χ1v) is 0. The first-order chi connectivity index (χ1) is 0. The molecule has 0 saturated carbocycles. The predicted octanol–water partition coefficient (Wildman–Crippen LogP) is -0.186. The Labute approximate surface area is 77.7 Å². The van der Waals surface area contributed by atoms with Crippen molar-refractivity contribution in [1.29, 1.82) is 0 Å². The molecule has 0 bridgehead atoms. The van der Waals surface area contributed by atoms with E-state index in [0.717, 1.165) is 0 Å². The maximum Gasteiger partial charge on any atom is 0 e. The van der Waals surface area contributed by atoms with Crippen LogP contribution in [0.5, 0.6) is 0 Å². The summed E-state index contributed by atoms with van der Waals surface area (Å²) in [6.07, 6.45) is 0. The monoisotopic (exact) mass is 414 g/mol. The molecule has 0 spiro atoms. The molecule has 0 aliphatic rings. The summed E-state index contributed by atoms with van der Waals surface area (Å²) in [6, 6.07) is 0. The Kier molecular flexibility index (Phi) is 151. The Morgan fingerprint density at radius 3 is 1.00 bits per heavy atom. The predicted molar refractivity (Wildman–Crippen MR) is 21.8 cm³/mol. The third-order valence-electron chi connectivity index (χ3n) is 0. The number of halogens is 1. The van der Waals surface area contributed by atoms with Crippen LogP contribution in [0.4, 0.5) is 0 Å². The fourth-order valence-corrected chi connectivity index (χ4v) is 0. The maximum atomic E-state index is 0. The van der Waals surface area contributed by atoms with Crippen molar-refractivity contribution in [3.63, 3.8) is 0 Å². The zero-order chi connectivity index (χ0) is 0. The van der Waals surface area contributed by atoms with Crippen LogP contribution in [0.1, 0.15) is 0 Å². The first-order valence-electron chi connectivity index (χ1n) is 0. The standard InChI is InChI=1S/B.Bi.BrH.Cd/h;;1H;. The van der Waals surface area contributed by atoms with Crippen molar-refractivity contribution in [2.75, 3.05) is 0 Å². The van der Waals surface area contributed by atoms with Gasteiger partial charge >= 0.3 is 0 Å². The Balaban J connectivity index is 0. The van der Waals surface area contributed by atoms with Crippen LogP contribution in [0, 0.1) is 0 Å². The fraction of sp³-hybridized carbons (Fsp3) is 0. The molecule has 0 nitrogen and oxygen atoms in total. The summed E-state index contributed by atoms with van der Waals surface area (Å²) in [6.45, 7) is 0. The van der Waals surface area contributed by atoms with Gasteiger partial charge in [0.05, 0.1) is 0 Å². The van der Waals surface area contributed by atoms with Gasteiger partial charge in [0.2, 0.25) is 0 Å². The van der Waals surface area contributed by atoms with Gasteiger partial charge in [-0.15, -0.1) is 17.0 Å². The van der Waals surface area contributed by atoms with Crippen molar-refractivity contribution < 1.29 is 27.3 Å². The zero-order valence-electron chi connectivity index (χ0n) is 2.14. The van der Waals surface area contributed by atoms with Crippen molar-refractivity contribution in [2.45, 2.75) is 0 Å². The third-order valence-corrected chi connectivity index (χ3v) is 0. The van der Waals surface area contributed by atoms with E-state index in [1.54, 1.807) is 0 Å². The molecular weight excluding hydrogens is 412 g/mol. The van der Waals surface area contributed by atoms with E-state index >= 15 is 0 Å². The fourth-order valence-electron chi connectivity index (χ4n) is 0. The topological polar surface area (TPSA) is 0 Å². The second-order valence-electron chi connectivity index (χ2n) is 0.